The van der Waals surface area contributed by atoms with Crippen molar-refractivity contribution in [3.63, 3.8) is 0 Å². The third-order valence-electron chi connectivity index (χ3n) is 4.89. The molecule has 1 aromatic carbocycles. The molecule has 152 valence electrons. The number of methoxy groups -OCH3 is 1. The summed E-state index contributed by atoms with van der Waals surface area (Å²) in [7, 11) is 1.55. The van der Waals surface area contributed by atoms with Crippen LogP contribution in [-0.4, -0.2) is 84.9 Å². The van der Waals surface area contributed by atoms with Crippen LogP contribution >= 0.6 is 11.8 Å². The highest BCUT2D eigenvalue weighted by Gasteiger charge is 2.37. The van der Waals surface area contributed by atoms with Crippen LogP contribution in [0.3, 0.4) is 0 Å². The van der Waals surface area contributed by atoms with Gasteiger partial charge in [0.1, 0.15) is 12.7 Å². The van der Waals surface area contributed by atoms with Gasteiger partial charge in [0.05, 0.1) is 13.7 Å². The number of rotatable bonds is 8. The summed E-state index contributed by atoms with van der Waals surface area (Å²) in [5.41, 5.74) is 0.906. The van der Waals surface area contributed by atoms with Crippen LogP contribution in [0.5, 0.6) is 11.5 Å². The fourth-order valence-corrected chi connectivity index (χ4v) is 4.43. The molecule has 1 N–H and O–H groups in total. The molecule has 1 atom stereocenters. The van der Waals surface area contributed by atoms with Gasteiger partial charge in [-0.15, -0.1) is 0 Å². The van der Waals surface area contributed by atoms with E-state index in [1.807, 2.05) is 23.9 Å². The van der Waals surface area contributed by atoms with E-state index in [2.05, 4.69) is 4.90 Å². The first-order valence-electron chi connectivity index (χ1n) is 9.33. The SMILES string of the molecule is COc1cc(CN2CCC(F)(F)C2)ccc1OCC(O)CN1CCSCC1. The maximum absolute atomic E-state index is 13.3. The number of β-amino-alcohol motifs (C(OH)–C–C–N with tert-alkyl or cyclic N) is 1. The molecule has 8 heteroatoms. The predicted octanol–water partition coefficient (Wildman–Crippen LogP) is 2.32. The molecule has 0 saturated carbocycles. The Bertz CT molecular complexity index is 615. The van der Waals surface area contributed by atoms with Crippen molar-refractivity contribution in [1.29, 1.82) is 0 Å². The molecular formula is C19H28F2N2O3S. The van der Waals surface area contributed by atoms with Crippen LogP contribution in [0.1, 0.15) is 12.0 Å². The molecule has 2 fully saturated rings. The van der Waals surface area contributed by atoms with Crippen molar-refractivity contribution < 1.29 is 23.4 Å². The molecule has 0 aromatic heterocycles. The van der Waals surface area contributed by atoms with Gasteiger partial charge in [-0.2, -0.15) is 11.8 Å². The molecular weight excluding hydrogens is 374 g/mol. The number of aliphatic hydroxyl groups is 1. The maximum atomic E-state index is 13.3. The van der Waals surface area contributed by atoms with E-state index < -0.39 is 12.0 Å². The van der Waals surface area contributed by atoms with Crippen LogP contribution in [0.2, 0.25) is 0 Å². The van der Waals surface area contributed by atoms with E-state index in [0.717, 1.165) is 30.2 Å². The number of thioether (sulfide) groups is 1. The van der Waals surface area contributed by atoms with Crippen molar-refractivity contribution in [2.24, 2.45) is 0 Å². The Kier molecular flexibility index (Phi) is 7.19. The Morgan fingerprint density at radius 1 is 1.19 bits per heavy atom. The van der Waals surface area contributed by atoms with Crippen LogP contribution in [0.4, 0.5) is 8.78 Å². The fourth-order valence-electron chi connectivity index (χ4n) is 3.45. The molecule has 0 spiro atoms. The normalized spacial score (nSPS) is 21.9. The Hall–Kier alpha value is -1.09. The number of aliphatic hydroxyl groups excluding tert-OH is 1. The second-order valence-electron chi connectivity index (χ2n) is 7.18. The minimum atomic E-state index is -2.59. The van der Waals surface area contributed by atoms with Gasteiger partial charge in [0.25, 0.3) is 5.92 Å². The van der Waals surface area contributed by atoms with Crippen molar-refractivity contribution in [1.82, 2.24) is 9.80 Å². The average molecular weight is 403 g/mol. The summed E-state index contributed by atoms with van der Waals surface area (Å²) in [6, 6.07) is 5.47. The van der Waals surface area contributed by atoms with Gasteiger partial charge in [0.15, 0.2) is 11.5 Å². The topological polar surface area (TPSA) is 45.2 Å². The van der Waals surface area contributed by atoms with Crippen LogP contribution < -0.4 is 9.47 Å². The Balaban J connectivity index is 1.51. The minimum Gasteiger partial charge on any atom is -0.493 e. The Labute approximate surface area is 163 Å². The third kappa shape index (κ3) is 6.20. The molecule has 2 aliphatic heterocycles. The first-order chi connectivity index (χ1) is 12.9. The number of hydrogen-bond acceptors (Lipinski definition) is 6. The van der Waals surface area contributed by atoms with E-state index in [1.54, 1.807) is 18.1 Å². The first kappa shape index (κ1) is 20.6. The van der Waals surface area contributed by atoms with Crippen molar-refractivity contribution in [2.75, 3.05) is 57.9 Å². The molecule has 5 nitrogen and oxygen atoms in total. The average Bonchev–Trinajstić information content (AvgIpc) is 2.99. The van der Waals surface area contributed by atoms with Gasteiger partial charge in [-0.05, 0) is 17.7 Å². The summed E-state index contributed by atoms with van der Waals surface area (Å²) in [6.45, 7) is 3.44. The molecule has 2 heterocycles. The summed E-state index contributed by atoms with van der Waals surface area (Å²) in [4.78, 5) is 3.99. The molecule has 0 amide bonds. The molecule has 1 aromatic rings. The van der Waals surface area contributed by atoms with Crippen molar-refractivity contribution >= 4 is 11.8 Å². The third-order valence-corrected chi connectivity index (χ3v) is 5.83. The zero-order chi connectivity index (χ0) is 19.3. The molecule has 2 aliphatic rings. The van der Waals surface area contributed by atoms with E-state index in [9.17, 15) is 13.9 Å². The lowest BCUT2D eigenvalue weighted by Gasteiger charge is -2.28. The standard InChI is InChI=1S/C19H28F2N2O3S/c1-25-18-10-15(11-23-5-4-19(20,21)14-23)2-3-17(18)26-13-16(24)12-22-6-8-27-9-7-22/h2-3,10,16,24H,4-9,11-14H2,1H3. The number of nitrogens with zero attached hydrogens (tertiary/aromatic N) is 2. The molecule has 0 aliphatic carbocycles. The van der Waals surface area contributed by atoms with Crippen molar-refractivity contribution in [3.05, 3.63) is 23.8 Å². The lowest BCUT2D eigenvalue weighted by Crippen LogP contribution is -2.40. The Morgan fingerprint density at radius 2 is 1.96 bits per heavy atom. The lowest BCUT2D eigenvalue weighted by atomic mass is 10.2. The number of benzene rings is 1. The monoisotopic (exact) mass is 402 g/mol. The molecule has 3 rings (SSSR count). The van der Waals surface area contributed by atoms with E-state index >= 15 is 0 Å². The summed E-state index contributed by atoms with van der Waals surface area (Å²) < 4.78 is 37.8. The highest BCUT2D eigenvalue weighted by atomic mass is 32.2. The van der Waals surface area contributed by atoms with Crippen LogP contribution in [0.15, 0.2) is 18.2 Å². The van der Waals surface area contributed by atoms with Crippen LogP contribution in [0, 0.1) is 0 Å². The zero-order valence-electron chi connectivity index (χ0n) is 15.7. The number of hydrogen-bond donors (Lipinski definition) is 1. The predicted molar refractivity (Wildman–Crippen MR) is 103 cm³/mol. The van der Waals surface area contributed by atoms with Gasteiger partial charge in [-0.3, -0.25) is 9.80 Å². The van der Waals surface area contributed by atoms with Gasteiger partial charge in [0.2, 0.25) is 0 Å². The molecule has 1 unspecified atom stereocenters. The van der Waals surface area contributed by atoms with Crippen molar-refractivity contribution in [2.45, 2.75) is 25.0 Å². The smallest absolute Gasteiger partial charge is 0.261 e. The van der Waals surface area contributed by atoms with Gasteiger partial charge >= 0.3 is 0 Å². The second-order valence-corrected chi connectivity index (χ2v) is 8.40. The summed E-state index contributed by atoms with van der Waals surface area (Å²) in [6.07, 6.45) is -0.650. The first-order valence-corrected chi connectivity index (χ1v) is 10.5. The molecule has 27 heavy (non-hydrogen) atoms. The molecule has 0 bridgehead atoms. The van der Waals surface area contributed by atoms with E-state index in [1.165, 1.54) is 0 Å². The summed E-state index contributed by atoms with van der Waals surface area (Å²) >= 11 is 1.94. The summed E-state index contributed by atoms with van der Waals surface area (Å²) in [5.74, 6) is 0.731. The van der Waals surface area contributed by atoms with Gasteiger partial charge in [-0.1, -0.05) is 6.07 Å². The van der Waals surface area contributed by atoms with Crippen molar-refractivity contribution in [3.8, 4) is 11.5 Å². The highest BCUT2D eigenvalue weighted by Crippen LogP contribution is 2.31. The van der Waals surface area contributed by atoms with E-state index in [-0.39, 0.29) is 19.6 Å². The molecule has 2 saturated heterocycles. The number of likely N-dealkylation sites (tertiary alicyclic amines) is 1. The van der Waals surface area contributed by atoms with Crippen LogP contribution in [0.25, 0.3) is 0 Å². The Morgan fingerprint density at radius 3 is 2.63 bits per heavy atom. The zero-order valence-corrected chi connectivity index (χ0v) is 16.5. The van der Waals surface area contributed by atoms with Gasteiger partial charge in [-0.25, -0.2) is 8.78 Å². The quantitative estimate of drug-likeness (QED) is 0.720. The number of halogens is 2. The highest BCUT2D eigenvalue weighted by molar-refractivity contribution is 7.99. The fraction of sp³-hybridized carbons (Fsp3) is 0.684. The van der Waals surface area contributed by atoms with E-state index in [0.29, 0.717) is 31.1 Å². The van der Waals surface area contributed by atoms with Gasteiger partial charge < -0.3 is 14.6 Å². The van der Waals surface area contributed by atoms with Crippen LogP contribution in [-0.2, 0) is 6.54 Å². The second kappa shape index (κ2) is 9.41. The largest absolute Gasteiger partial charge is 0.493 e. The van der Waals surface area contributed by atoms with E-state index in [4.69, 9.17) is 9.47 Å². The lowest BCUT2D eigenvalue weighted by molar-refractivity contribution is 0.0115. The number of alkyl halides is 2. The summed E-state index contributed by atoms with van der Waals surface area (Å²) in [5, 5.41) is 10.2. The minimum absolute atomic E-state index is 0.0844. The van der Waals surface area contributed by atoms with Gasteiger partial charge in [0, 0.05) is 50.7 Å². The molecule has 0 radical (unpaired) electrons. The number of ether oxygens (including phenoxy) is 2. The maximum Gasteiger partial charge on any atom is 0.261 e.